The Labute approximate surface area is 228 Å². The lowest BCUT2D eigenvalue weighted by molar-refractivity contribution is -0.615. The Morgan fingerprint density at radius 3 is 2.59 bits per heavy atom. The summed E-state index contributed by atoms with van der Waals surface area (Å²) >= 11 is 12.1. The number of hydrogen-bond donors (Lipinski definition) is 0. The fourth-order valence-electron chi connectivity index (χ4n) is 4.21. The van der Waals surface area contributed by atoms with Crippen LogP contribution in [0.4, 0.5) is 13.2 Å². The van der Waals surface area contributed by atoms with Gasteiger partial charge in [0.2, 0.25) is 5.69 Å². The van der Waals surface area contributed by atoms with E-state index in [0.717, 1.165) is 6.20 Å². The van der Waals surface area contributed by atoms with E-state index in [1.165, 1.54) is 59.6 Å². The molecule has 0 unspecified atom stereocenters. The first-order chi connectivity index (χ1) is 18.8. The molecule has 0 bridgehead atoms. The van der Waals surface area contributed by atoms with E-state index in [9.17, 15) is 14.0 Å². The van der Waals surface area contributed by atoms with Crippen LogP contribution in [0.1, 0.15) is 24.7 Å². The Bertz CT molecular complexity index is 1610. The van der Waals surface area contributed by atoms with Gasteiger partial charge in [-0.3, -0.25) is 4.68 Å². The number of nitrogens with zero attached hydrogens (tertiary/aromatic N) is 9. The van der Waals surface area contributed by atoms with Gasteiger partial charge in [-0.15, -0.1) is 5.10 Å². The molecular weight excluding hydrogens is 562 g/mol. The third kappa shape index (κ3) is 5.05. The predicted octanol–water partition coefficient (Wildman–Crippen LogP) is 4.49. The van der Waals surface area contributed by atoms with Gasteiger partial charge in [-0.05, 0) is 28.6 Å². The summed E-state index contributed by atoms with van der Waals surface area (Å²) < 4.78 is 51.0. The minimum atomic E-state index is -2.92. The molecule has 4 aromatic heterocycles. The molecule has 4 heterocycles. The highest BCUT2D eigenvalue weighted by Gasteiger charge is 2.27. The van der Waals surface area contributed by atoms with Crippen molar-refractivity contribution in [2.24, 2.45) is 0 Å². The minimum Gasteiger partial charge on any atom is -0.618 e. The van der Waals surface area contributed by atoms with Crippen LogP contribution in [0.2, 0.25) is 10.0 Å². The maximum atomic E-state index is 15.2. The summed E-state index contributed by atoms with van der Waals surface area (Å²) in [6.07, 6.45) is 6.75. The average molecular weight is 580 g/mol. The zero-order chi connectivity index (χ0) is 27.7. The molecule has 5 aromatic rings. The van der Waals surface area contributed by atoms with Gasteiger partial charge in [0.1, 0.15) is 12.4 Å². The first-order valence-corrected chi connectivity index (χ1v) is 12.0. The number of halogens is 5. The topological polar surface area (TPSA) is 115 Å². The SMILES string of the molecule is COCC[C@@H](c1ccc(-c2c(-n3cnnn3)ccc(Cl)c2F)c[n+]1[O-])n1cc(-c2c(Cl)cnn2C(F)F)cn1. The van der Waals surface area contributed by atoms with Gasteiger partial charge in [0, 0.05) is 38.0 Å². The highest BCUT2D eigenvalue weighted by atomic mass is 35.5. The van der Waals surface area contributed by atoms with Crippen molar-refractivity contribution < 1.29 is 22.6 Å². The quantitative estimate of drug-likeness (QED) is 0.186. The lowest BCUT2D eigenvalue weighted by Crippen LogP contribution is -2.36. The molecule has 0 radical (unpaired) electrons. The molecule has 11 nitrogen and oxygen atoms in total. The van der Waals surface area contributed by atoms with Crippen molar-refractivity contribution in [3.63, 3.8) is 0 Å². The van der Waals surface area contributed by atoms with Crippen molar-refractivity contribution in [1.82, 2.24) is 39.8 Å². The second-order valence-corrected chi connectivity index (χ2v) is 9.06. The van der Waals surface area contributed by atoms with E-state index >= 15 is 4.39 Å². The van der Waals surface area contributed by atoms with Gasteiger partial charge in [-0.1, -0.05) is 23.2 Å². The lowest BCUT2D eigenvalue weighted by atomic mass is 10.0. The Morgan fingerprint density at radius 2 is 1.90 bits per heavy atom. The number of rotatable bonds is 9. The van der Waals surface area contributed by atoms with Crippen LogP contribution >= 0.6 is 23.2 Å². The number of pyridine rings is 1. The van der Waals surface area contributed by atoms with Crippen molar-refractivity contribution in [3.8, 4) is 28.1 Å². The number of alkyl halides is 2. The molecule has 202 valence electrons. The zero-order valence-electron chi connectivity index (χ0n) is 20.0. The molecule has 39 heavy (non-hydrogen) atoms. The van der Waals surface area contributed by atoms with E-state index in [2.05, 4.69) is 25.7 Å². The van der Waals surface area contributed by atoms with Crippen LogP contribution in [0.15, 0.2) is 55.4 Å². The second-order valence-electron chi connectivity index (χ2n) is 8.25. The second kappa shape index (κ2) is 11.0. The predicted molar refractivity (Wildman–Crippen MR) is 133 cm³/mol. The molecule has 1 atom stereocenters. The maximum Gasteiger partial charge on any atom is 0.333 e. The normalized spacial score (nSPS) is 12.4. The van der Waals surface area contributed by atoms with Crippen LogP contribution in [0.5, 0.6) is 0 Å². The highest BCUT2D eigenvalue weighted by molar-refractivity contribution is 6.33. The van der Waals surface area contributed by atoms with E-state index in [1.807, 2.05) is 0 Å². The first-order valence-electron chi connectivity index (χ1n) is 11.3. The van der Waals surface area contributed by atoms with Crippen molar-refractivity contribution in [2.75, 3.05) is 13.7 Å². The van der Waals surface area contributed by atoms with Gasteiger partial charge in [0.15, 0.2) is 12.0 Å². The zero-order valence-corrected chi connectivity index (χ0v) is 21.5. The third-order valence-electron chi connectivity index (χ3n) is 5.97. The third-order valence-corrected chi connectivity index (χ3v) is 6.54. The van der Waals surface area contributed by atoms with Gasteiger partial charge in [-0.2, -0.15) is 28.4 Å². The number of hydrogen-bond acceptors (Lipinski definition) is 7. The maximum absolute atomic E-state index is 15.2. The largest absolute Gasteiger partial charge is 0.618 e. The number of tetrazole rings is 1. The molecule has 0 fully saturated rings. The van der Waals surface area contributed by atoms with Crippen molar-refractivity contribution >= 4 is 23.2 Å². The summed E-state index contributed by atoms with van der Waals surface area (Å²) in [6, 6.07) is 5.29. The van der Waals surface area contributed by atoms with Crippen molar-refractivity contribution in [2.45, 2.75) is 19.0 Å². The molecule has 16 heteroatoms. The van der Waals surface area contributed by atoms with Crippen LogP contribution in [0, 0.1) is 11.0 Å². The summed E-state index contributed by atoms with van der Waals surface area (Å²) in [5.41, 5.74) is 1.02. The monoisotopic (exact) mass is 579 g/mol. The van der Waals surface area contributed by atoms with Crippen LogP contribution in [-0.2, 0) is 4.74 Å². The fourth-order valence-corrected chi connectivity index (χ4v) is 4.61. The molecule has 0 saturated carbocycles. The summed E-state index contributed by atoms with van der Waals surface area (Å²) in [6.45, 7) is -2.66. The molecule has 5 rings (SSSR count). The molecule has 0 aliphatic carbocycles. The number of benzene rings is 1. The molecule has 0 aliphatic rings. The molecule has 0 spiro atoms. The lowest BCUT2D eigenvalue weighted by Gasteiger charge is -2.18. The van der Waals surface area contributed by atoms with Gasteiger partial charge in [0.05, 0.1) is 44.9 Å². The van der Waals surface area contributed by atoms with Crippen LogP contribution in [0.25, 0.3) is 28.1 Å². The molecule has 0 saturated heterocycles. The Morgan fingerprint density at radius 1 is 1.08 bits per heavy atom. The number of ether oxygens (including phenoxy) is 1. The molecule has 0 N–H and O–H groups in total. The van der Waals surface area contributed by atoms with Crippen molar-refractivity contribution in [1.29, 1.82) is 0 Å². The minimum absolute atomic E-state index is 0.0136. The molecule has 1 aromatic carbocycles. The Balaban J connectivity index is 1.56. The van der Waals surface area contributed by atoms with E-state index in [4.69, 9.17) is 27.9 Å². The Kier molecular flexibility index (Phi) is 7.50. The van der Waals surface area contributed by atoms with Gasteiger partial charge >= 0.3 is 6.55 Å². The number of methoxy groups -OCH3 is 1. The van der Waals surface area contributed by atoms with Crippen LogP contribution < -0.4 is 4.73 Å². The average Bonchev–Trinajstić information content (AvgIpc) is 3.68. The summed E-state index contributed by atoms with van der Waals surface area (Å²) in [4.78, 5) is 0. The van der Waals surface area contributed by atoms with Gasteiger partial charge in [0.25, 0.3) is 0 Å². The molecule has 0 aliphatic heterocycles. The smallest absolute Gasteiger partial charge is 0.333 e. The highest BCUT2D eigenvalue weighted by Crippen LogP contribution is 2.34. The fraction of sp³-hybridized carbons (Fsp3) is 0.217. The molecule has 0 amide bonds. The summed E-state index contributed by atoms with van der Waals surface area (Å²) in [5.74, 6) is -0.752. The number of aromatic nitrogens is 9. The van der Waals surface area contributed by atoms with E-state index in [0.29, 0.717) is 15.8 Å². The van der Waals surface area contributed by atoms with E-state index in [-0.39, 0.29) is 50.4 Å². The summed E-state index contributed by atoms with van der Waals surface area (Å²) in [7, 11) is 1.50. The Hall–Kier alpha value is -4.01. The van der Waals surface area contributed by atoms with Crippen molar-refractivity contribution in [3.05, 3.63) is 82.1 Å². The summed E-state index contributed by atoms with van der Waals surface area (Å²) in [5, 5.41) is 32.1. The van der Waals surface area contributed by atoms with Gasteiger partial charge < -0.3 is 9.94 Å². The first kappa shape index (κ1) is 26.6. The van der Waals surface area contributed by atoms with E-state index < -0.39 is 18.4 Å². The standard InChI is InChI=1S/C23H18Cl2F3N9O2/c1-39-7-6-17(34-10-14(8-30-34)22-16(25)9-31-37(22)23(27)28)18-4-2-13(11-36(18)38)20-19(35-12-29-32-33-35)5-3-15(24)21(20)26/h2-5,8-12,17,23H,6-7H2,1H3/t17-/m0/s1. The van der Waals surface area contributed by atoms with Gasteiger partial charge in [-0.25, -0.2) is 9.07 Å². The molecular formula is C23H18Cl2F3N9O2. The van der Waals surface area contributed by atoms with E-state index in [1.54, 1.807) is 6.07 Å². The van der Waals surface area contributed by atoms with Crippen LogP contribution in [-0.4, -0.2) is 53.5 Å². The van der Waals surface area contributed by atoms with Crippen LogP contribution in [0.3, 0.4) is 0 Å².